The van der Waals surface area contributed by atoms with Crippen molar-refractivity contribution in [3.63, 3.8) is 0 Å². The smallest absolute Gasteiger partial charge is 0.413 e. The Kier molecular flexibility index (Phi) is 7.36. The van der Waals surface area contributed by atoms with Gasteiger partial charge in [0, 0.05) is 11.3 Å². The van der Waals surface area contributed by atoms with Crippen molar-refractivity contribution in [2.75, 3.05) is 25.0 Å². The van der Waals surface area contributed by atoms with Crippen LogP contribution in [0.1, 0.15) is 22.7 Å². The maximum Gasteiger partial charge on any atom is 0.413 e. The van der Waals surface area contributed by atoms with Gasteiger partial charge in [-0.1, -0.05) is 48.5 Å². The molecular formula is C24H22N4O6S. The molecule has 0 saturated carbocycles. The number of aromatic nitrogens is 1. The number of aliphatic carboxylic acids is 1. The fourth-order valence-corrected chi connectivity index (χ4v) is 4.51. The van der Waals surface area contributed by atoms with Gasteiger partial charge in [0.25, 0.3) is 0 Å². The average molecular weight is 495 g/mol. The van der Waals surface area contributed by atoms with Crippen LogP contribution in [0.25, 0.3) is 11.1 Å². The lowest BCUT2D eigenvalue weighted by molar-refractivity contribution is -0.137. The highest BCUT2D eigenvalue weighted by Crippen LogP contribution is 2.44. The molecule has 4 N–H and O–H groups in total. The number of thiazole rings is 1. The first-order valence-corrected chi connectivity index (χ1v) is 11.6. The molecule has 0 radical (unpaired) electrons. The first kappa shape index (κ1) is 23.9. The van der Waals surface area contributed by atoms with Crippen molar-refractivity contribution in [2.24, 2.45) is 0 Å². The number of ether oxygens (including phenoxy) is 1. The van der Waals surface area contributed by atoms with Crippen molar-refractivity contribution in [2.45, 2.75) is 12.3 Å². The Labute approximate surface area is 204 Å². The van der Waals surface area contributed by atoms with Gasteiger partial charge in [-0.05, 0) is 22.3 Å². The molecule has 0 saturated heterocycles. The fourth-order valence-electron chi connectivity index (χ4n) is 3.81. The number of anilines is 1. The fraction of sp³-hybridized carbons (Fsp3) is 0.208. The van der Waals surface area contributed by atoms with E-state index in [0.29, 0.717) is 5.69 Å². The Morgan fingerprint density at radius 3 is 2.20 bits per heavy atom. The van der Waals surface area contributed by atoms with Gasteiger partial charge in [-0.3, -0.25) is 19.7 Å². The van der Waals surface area contributed by atoms with Gasteiger partial charge >= 0.3 is 12.1 Å². The van der Waals surface area contributed by atoms with E-state index in [-0.39, 0.29) is 30.6 Å². The van der Waals surface area contributed by atoms with Gasteiger partial charge in [-0.2, -0.15) is 0 Å². The van der Waals surface area contributed by atoms with Crippen molar-refractivity contribution < 1.29 is 29.0 Å². The number of carboxylic acids is 1. The van der Waals surface area contributed by atoms with Crippen LogP contribution in [0, 0.1) is 0 Å². The number of benzene rings is 2. The molecule has 1 aromatic heterocycles. The highest BCUT2D eigenvalue weighted by molar-refractivity contribution is 7.13. The second-order valence-electron chi connectivity index (χ2n) is 7.72. The number of amides is 3. The van der Waals surface area contributed by atoms with Gasteiger partial charge in [0.05, 0.1) is 18.7 Å². The van der Waals surface area contributed by atoms with Gasteiger partial charge in [0.1, 0.15) is 13.2 Å². The summed E-state index contributed by atoms with van der Waals surface area (Å²) in [5, 5.41) is 17.5. The second kappa shape index (κ2) is 10.8. The van der Waals surface area contributed by atoms with Crippen molar-refractivity contribution in [3.8, 4) is 11.1 Å². The number of carbonyl (C=O) groups is 4. The number of fused-ring (bicyclic) bond motifs is 3. The predicted octanol–water partition coefficient (Wildman–Crippen LogP) is 2.36. The number of carboxylic acid groups (broad SMARTS) is 1. The van der Waals surface area contributed by atoms with Crippen LogP contribution in [0.4, 0.5) is 9.93 Å². The number of carbonyl (C=O) groups excluding carboxylic acids is 3. The molecule has 35 heavy (non-hydrogen) atoms. The molecular weight excluding hydrogens is 472 g/mol. The molecule has 10 nitrogen and oxygen atoms in total. The van der Waals surface area contributed by atoms with Crippen LogP contribution in [-0.2, 0) is 25.5 Å². The van der Waals surface area contributed by atoms with Crippen molar-refractivity contribution in [1.29, 1.82) is 0 Å². The number of nitrogens with one attached hydrogen (secondary N) is 3. The zero-order chi connectivity index (χ0) is 24.8. The molecule has 0 unspecified atom stereocenters. The summed E-state index contributed by atoms with van der Waals surface area (Å²) in [6.45, 7) is -0.697. The van der Waals surface area contributed by atoms with E-state index in [1.54, 1.807) is 5.38 Å². The number of hydrogen-bond donors (Lipinski definition) is 4. The van der Waals surface area contributed by atoms with E-state index < -0.39 is 30.4 Å². The van der Waals surface area contributed by atoms with Crippen LogP contribution in [0.3, 0.4) is 0 Å². The lowest BCUT2D eigenvalue weighted by atomic mass is 9.98. The largest absolute Gasteiger partial charge is 0.480 e. The van der Waals surface area contributed by atoms with Crippen LogP contribution in [-0.4, -0.2) is 53.7 Å². The molecule has 0 fully saturated rings. The topological polar surface area (TPSA) is 147 Å². The summed E-state index contributed by atoms with van der Waals surface area (Å²) in [4.78, 5) is 50.4. The highest BCUT2D eigenvalue weighted by Gasteiger charge is 2.29. The van der Waals surface area contributed by atoms with E-state index in [9.17, 15) is 19.2 Å². The Balaban J connectivity index is 1.26. The molecule has 1 aliphatic rings. The summed E-state index contributed by atoms with van der Waals surface area (Å²) < 4.78 is 5.49. The third kappa shape index (κ3) is 6.01. The molecule has 11 heteroatoms. The molecule has 1 heterocycles. The monoisotopic (exact) mass is 494 g/mol. The maximum atomic E-state index is 12.4. The lowest BCUT2D eigenvalue weighted by Gasteiger charge is -2.14. The molecule has 4 rings (SSSR count). The molecule has 3 amide bonds. The summed E-state index contributed by atoms with van der Waals surface area (Å²) in [6, 6.07) is 16.1. The molecule has 0 bridgehead atoms. The maximum absolute atomic E-state index is 12.4. The van der Waals surface area contributed by atoms with E-state index in [1.807, 2.05) is 36.4 Å². The standard InChI is InChI=1S/C24H22N4O6S/c29-20(25-10-21(30)26-11-22(31)32)9-14-13-35-23(27-14)28-24(33)34-12-19-17-7-3-1-5-15(17)16-6-2-4-8-18(16)19/h1-8,13,19H,9-12H2,(H,25,29)(H,26,30)(H,31,32)(H,27,28,33). The third-order valence-corrected chi connectivity index (χ3v) is 6.14. The first-order valence-electron chi connectivity index (χ1n) is 10.7. The zero-order valence-electron chi connectivity index (χ0n) is 18.4. The Bertz CT molecular complexity index is 1230. The van der Waals surface area contributed by atoms with E-state index >= 15 is 0 Å². The second-order valence-corrected chi connectivity index (χ2v) is 8.58. The molecule has 0 aliphatic heterocycles. The Hall–Kier alpha value is -4.25. The minimum absolute atomic E-state index is 0.0589. The van der Waals surface area contributed by atoms with Crippen molar-refractivity contribution in [3.05, 3.63) is 70.7 Å². The number of hydrogen-bond acceptors (Lipinski definition) is 7. The Morgan fingerprint density at radius 1 is 0.914 bits per heavy atom. The van der Waals surface area contributed by atoms with E-state index in [0.717, 1.165) is 33.6 Å². The molecule has 180 valence electrons. The third-order valence-electron chi connectivity index (χ3n) is 5.33. The summed E-state index contributed by atoms with van der Waals surface area (Å²) in [5.74, 6) is -2.31. The highest BCUT2D eigenvalue weighted by atomic mass is 32.1. The average Bonchev–Trinajstić information content (AvgIpc) is 3.41. The van der Waals surface area contributed by atoms with E-state index in [1.165, 1.54) is 0 Å². The van der Waals surface area contributed by atoms with Crippen LogP contribution in [0.15, 0.2) is 53.9 Å². The van der Waals surface area contributed by atoms with Crippen molar-refractivity contribution >= 4 is 40.3 Å². The lowest BCUT2D eigenvalue weighted by Crippen LogP contribution is -2.39. The van der Waals surface area contributed by atoms with Crippen LogP contribution in [0.2, 0.25) is 0 Å². The van der Waals surface area contributed by atoms with Gasteiger partial charge in [-0.15, -0.1) is 11.3 Å². The molecule has 0 spiro atoms. The number of rotatable bonds is 9. The zero-order valence-corrected chi connectivity index (χ0v) is 19.3. The normalized spacial score (nSPS) is 11.8. The van der Waals surface area contributed by atoms with Crippen LogP contribution < -0.4 is 16.0 Å². The van der Waals surface area contributed by atoms with E-state index in [4.69, 9.17) is 9.84 Å². The van der Waals surface area contributed by atoms with Gasteiger partial charge in [-0.25, -0.2) is 9.78 Å². The minimum Gasteiger partial charge on any atom is -0.480 e. The van der Waals surface area contributed by atoms with E-state index in [2.05, 4.69) is 33.1 Å². The molecule has 0 atom stereocenters. The summed E-state index contributed by atoms with van der Waals surface area (Å²) >= 11 is 1.14. The SMILES string of the molecule is O=C(O)CNC(=O)CNC(=O)Cc1csc(NC(=O)OCC2c3ccccc3-c3ccccc32)n1. The summed E-state index contributed by atoms with van der Waals surface area (Å²) in [5.41, 5.74) is 4.91. The number of nitrogens with zero attached hydrogens (tertiary/aromatic N) is 1. The molecule has 1 aliphatic carbocycles. The molecule has 3 aromatic rings. The van der Waals surface area contributed by atoms with Gasteiger partial charge < -0.3 is 20.5 Å². The predicted molar refractivity (Wildman–Crippen MR) is 128 cm³/mol. The van der Waals surface area contributed by atoms with Crippen molar-refractivity contribution in [1.82, 2.24) is 15.6 Å². The quantitative estimate of drug-likeness (QED) is 0.357. The minimum atomic E-state index is -1.18. The van der Waals surface area contributed by atoms with Gasteiger partial charge in [0.15, 0.2) is 5.13 Å². The summed E-state index contributed by atoms with van der Waals surface area (Å²) in [7, 11) is 0. The molecule has 2 aromatic carbocycles. The van der Waals surface area contributed by atoms with Gasteiger partial charge in [0.2, 0.25) is 11.8 Å². The van der Waals surface area contributed by atoms with Crippen LogP contribution in [0.5, 0.6) is 0 Å². The summed E-state index contributed by atoms with van der Waals surface area (Å²) in [6.07, 6.45) is -0.748. The first-order chi connectivity index (χ1) is 16.9. The Morgan fingerprint density at radius 2 is 1.54 bits per heavy atom. The van der Waals surface area contributed by atoms with Crippen LogP contribution >= 0.6 is 11.3 Å².